The van der Waals surface area contributed by atoms with Crippen LogP contribution >= 0.6 is 0 Å². The highest BCUT2D eigenvalue weighted by Gasteiger charge is 2.22. The van der Waals surface area contributed by atoms with E-state index in [9.17, 15) is 0 Å². The van der Waals surface area contributed by atoms with Crippen LogP contribution in [-0.4, -0.2) is 13.7 Å². The third kappa shape index (κ3) is 4.32. The summed E-state index contributed by atoms with van der Waals surface area (Å²) in [7, 11) is 0. The zero-order valence-corrected chi connectivity index (χ0v) is 29.9. The molecule has 0 radical (unpaired) electrons. The van der Waals surface area contributed by atoms with E-state index in [-0.39, 0.29) is 0 Å². The second-order valence-electron chi connectivity index (χ2n) is 14.5. The van der Waals surface area contributed by atoms with Gasteiger partial charge in [0.2, 0.25) is 0 Å². The van der Waals surface area contributed by atoms with Crippen molar-refractivity contribution in [2.75, 3.05) is 0 Å². The van der Waals surface area contributed by atoms with Crippen LogP contribution in [0, 0.1) is 0 Å². The van der Waals surface area contributed by atoms with Crippen molar-refractivity contribution in [3.63, 3.8) is 0 Å². The lowest BCUT2D eigenvalue weighted by Crippen LogP contribution is -1.98. The smallest absolute Gasteiger partial charge is 0.0641 e. The molecule has 55 heavy (non-hydrogen) atoms. The van der Waals surface area contributed by atoms with E-state index in [0.29, 0.717) is 0 Å². The largest absolute Gasteiger partial charge is 0.309 e. The van der Waals surface area contributed by atoms with E-state index in [1.807, 2.05) is 0 Å². The molecule has 0 saturated carbocycles. The molecule has 12 aromatic rings. The summed E-state index contributed by atoms with van der Waals surface area (Å²) in [6.45, 7) is 0. The molecule has 12 rings (SSSR count). The lowest BCUT2D eigenvalue weighted by molar-refractivity contribution is 1.14. The van der Waals surface area contributed by atoms with Gasteiger partial charge < -0.3 is 13.7 Å². The highest BCUT2D eigenvalue weighted by atomic mass is 15.0. The van der Waals surface area contributed by atoms with Gasteiger partial charge in [-0.05, 0) is 88.6 Å². The molecule has 3 heteroatoms. The Hall–Kier alpha value is -7.36. The fourth-order valence-corrected chi connectivity index (χ4v) is 9.29. The summed E-state index contributed by atoms with van der Waals surface area (Å²) in [6.07, 6.45) is 0. The number of nitrogens with zero attached hydrogens (tertiary/aromatic N) is 3. The van der Waals surface area contributed by atoms with E-state index in [1.54, 1.807) is 0 Å². The van der Waals surface area contributed by atoms with Gasteiger partial charge in [0.05, 0.1) is 33.1 Å². The number of hydrogen-bond donors (Lipinski definition) is 0. The Kier molecular flexibility index (Phi) is 6.34. The van der Waals surface area contributed by atoms with E-state index < -0.39 is 0 Å². The van der Waals surface area contributed by atoms with Crippen LogP contribution in [0.1, 0.15) is 0 Å². The molecular weight excluding hydrogens is 667 g/mol. The number of aromatic nitrogens is 3. The normalized spacial score (nSPS) is 12.0. The maximum absolute atomic E-state index is 2.51. The molecule has 0 unspecified atom stereocenters. The van der Waals surface area contributed by atoms with Crippen molar-refractivity contribution in [1.82, 2.24) is 13.7 Å². The molecular formula is C52H33N3. The molecule has 9 aromatic carbocycles. The fourth-order valence-electron chi connectivity index (χ4n) is 9.29. The minimum absolute atomic E-state index is 1.13. The van der Waals surface area contributed by atoms with Gasteiger partial charge in [-0.2, -0.15) is 0 Å². The van der Waals surface area contributed by atoms with E-state index >= 15 is 0 Å². The first kappa shape index (κ1) is 30.1. The summed E-state index contributed by atoms with van der Waals surface area (Å²) in [4.78, 5) is 0. The molecule has 0 spiro atoms. The first-order chi connectivity index (χ1) is 27.3. The Morgan fingerprint density at radius 3 is 1.38 bits per heavy atom. The summed E-state index contributed by atoms with van der Waals surface area (Å²) >= 11 is 0. The Labute approximate surface area is 317 Å². The van der Waals surface area contributed by atoms with Crippen molar-refractivity contribution in [3.05, 3.63) is 200 Å². The Morgan fingerprint density at radius 2 is 0.745 bits per heavy atom. The second-order valence-corrected chi connectivity index (χ2v) is 14.5. The molecule has 3 aromatic heterocycles. The van der Waals surface area contributed by atoms with E-state index in [2.05, 4.69) is 214 Å². The maximum atomic E-state index is 2.51. The maximum Gasteiger partial charge on any atom is 0.0641 e. The number of hydrogen-bond acceptors (Lipinski definition) is 0. The van der Waals surface area contributed by atoms with Crippen LogP contribution in [-0.2, 0) is 0 Å². The molecule has 0 amide bonds. The minimum Gasteiger partial charge on any atom is -0.309 e. The Bertz CT molecular complexity index is 3420. The highest BCUT2D eigenvalue weighted by molar-refractivity contribution is 6.26. The predicted molar refractivity (Wildman–Crippen MR) is 232 cm³/mol. The fraction of sp³-hybridized carbons (Fsp3) is 0. The van der Waals surface area contributed by atoms with Crippen molar-refractivity contribution >= 4 is 76.2 Å². The van der Waals surface area contributed by atoms with Gasteiger partial charge >= 0.3 is 0 Å². The molecule has 0 aliphatic heterocycles. The Balaban J connectivity index is 1.13. The monoisotopic (exact) mass is 699 g/mol. The molecule has 256 valence electrons. The topological polar surface area (TPSA) is 14.8 Å². The van der Waals surface area contributed by atoms with Crippen LogP contribution in [0.3, 0.4) is 0 Å². The number of rotatable bonds is 4. The van der Waals surface area contributed by atoms with Crippen LogP contribution in [0.4, 0.5) is 0 Å². The van der Waals surface area contributed by atoms with Gasteiger partial charge in [-0.3, -0.25) is 0 Å². The predicted octanol–water partition coefficient (Wildman–Crippen LogP) is 13.8. The summed E-state index contributed by atoms with van der Waals surface area (Å²) in [5.41, 5.74) is 13.1. The summed E-state index contributed by atoms with van der Waals surface area (Å²) in [5, 5.41) is 10.0. The van der Waals surface area contributed by atoms with E-state index in [1.165, 1.54) is 87.3 Å². The molecule has 0 saturated heterocycles. The molecule has 0 N–H and O–H groups in total. The third-order valence-electron chi connectivity index (χ3n) is 11.6. The lowest BCUT2D eigenvalue weighted by atomic mass is 9.97. The zero-order valence-electron chi connectivity index (χ0n) is 29.9. The van der Waals surface area contributed by atoms with Crippen molar-refractivity contribution < 1.29 is 0 Å². The van der Waals surface area contributed by atoms with Gasteiger partial charge in [0, 0.05) is 49.4 Å². The minimum atomic E-state index is 1.13. The molecule has 0 aliphatic rings. The van der Waals surface area contributed by atoms with Crippen LogP contribution < -0.4 is 0 Å². The number of fused-ring (bicyclic) bond motifs is 11. The van der Waals surface area contributed by atoms with Crippen molar-refractivity contribution in [1.29, 1.82) is 0 Å². The van der Waals surface area contributed by atoms with Crippen molar-refractivity contribution in [2.24, 2.45) is 0 Å². The number of para-hydroxylation sites is 4. The molecule has 0 aliphatic carbocycles. The van der Waals surface area contributed by atoms with Crippen LogP contribution in [0.15, 0.2) is 200 Å². The SMILES string of the molecule is c1ccc(-c2cc(-n3c4ccccc4c4ccc5c(c6ccccc6n5-c5ccc(-n6c7ccccc7c7ccccc76)cc5)c43)cc3ccccc23)cc1. The Morgan fingerprint density at radius 1 is 0.273 bits per heavy atom. The van der Waals surface area contributed by atoms with Crippen molar-refractivity contribution in [3.8, 4) is 28.2 Å². The van der Waals surface area contributed by atoms with E-state index in [0.717, 1.165) is 17.1 Å². The van der Waals surface area contributed by atoms with Gasteiger partial charge in [-0.25, -0.2) is 0 Å². The highest BCUT2D eigenvalue weighted by Crippen LogP contribution is 2.43. The van der Waals surface area contributed by atoms with Gasteiger partial charge in [0.25, 0.3) is 0 Å². The average Bonchev–Trinajstić information content (AvgIpc) is 3.89. The zero-order chi connectivity index (χ0) is 36.0. The molecule has 0 atom stereocenters. The van der Waals surface area contributed by atoms with Crippen LogP contribution in [0.5, 0.6) is 0 Å². The summed E-state index contributed by atoms with van der Waals surface area (Å²) < 4.78 is 7.33. The second kappa shape index (κ2) is 11.6. The summed E-state index contributed by atoms with van der Waals surface area (Å²) in [5.74, 6) is 0. The van der Waals surface area contributed by atoms with Crippen LogP contribution in [0.2, 0.25) is 0 Å². The number of benzene rings is 9. The van der Waals surface area contributed by atoms with Gasteiger partial charge in [-0.1, -0.05) is 133 Å². The first-order valence-corrected chi connectivity index (χ1v) is 18.9. The average molecular weight is 700 g/mol. The lowest BCUT2D eigenvalue weighted by Gasteiger charge is -2.15. The molecule has 0 bridgehead atoms. The standard InChI is InChI=1S/C52H33N3/c1-2-14-34(15-3-1)45-33-38(32-35-16-4-5-17-39(35)45)55-48-24-12-8-20-42(48)43-30-31-50-51(52(43)55)44-21-9-13-25-49(44)54(50)37-28-26-36(27-29-37)53-46-22-10-6-18-40(46)41-19-7-11-23-47(41)53/h1-33H. The van der Waals surface area contributed by atoms with Gasteiger partial charge in [0.15, 0.2) is 0 Å². The van der Waals surface area contributed by atoms with Crippen molar-refractivity contribution in [2.45, 2.75) is 0 Å². The molecule has 0 fully saturated rings. The van der Waals surface area contributed by atoms with E-state index in [4.69, 9.17) is 0 Å². The summed E-state index contributed by atoms with van der Waals surface area (Å²) in [6, 6.07) is 73.2. The van der Waals surface area contributed by atoms with Gasteiger partial charge in [-0.15, -0.1) is 0 Å². The third-order valence-corrected chi connectivity index (χ3v) is 11.6. The quantitative estimate of drug-likeness (QED) is 0.174. The first-order valence-electron chi connectivity index (χ1n) is 18.9. The van der Waals surface area contributed by atoms with Crippen LogP contribution in [0.25, 0.3) is 104 Å². The van der Waals surface area contributed by atoms with Gasteiger partial charge in [0.1, 0.15) is 0 Å². The molecule has 3 nitrogen and oxygen atoms in total. The molecule has 3 heterocycles.